The first-order valence-corrected chi connectivity index (χ1v) is 6.08. The zero-order chi connectivity index (χ0) is 11.5. The van der Waals surface area contributed by atoms with Crippen LogP contribution in [-0.2, 0) is 0 Å². The molecule has 0 spiro atoms. The van der Waals surface area contributed by atoms with Crippen LogP contribution >= 0.6 is 0 Å². The minimum absolute atomic E-state index is 0.524. The van der Waals surface area contributed by atoms with Crippen LogP contribution in [0.5, 0.6) is 0 Å². The third-order valence-corrected chi connectivity index (χ3v) is 2.06. The molecule has 86 valence electrons. The van der Waals surface area contributed by atoms with Gasteiger partial charge in [0, 0.05) is 6.04 Å². The Hall–Kier alpha value is -0.820. The minimum atomic E-state index is 0.524. The van der Waals surface area contributed by atoms with Gasteiger partial charge in [-0.05, 0) is 18.5 Å². The summed E-state index contributed by atoms with van der Waals surface area (Å²) in [4.78, 5) is 0. The predicted octanol–water partition coefficient (Wildman–Crippen LogP) is 4.16. The molecule has 0 amide bonds. The molecule has 1 rings (SSSR count). The van der Waals surface area contributed by atoms with E-state index in [9.17, 15) is 0 Å². The third-order valence-electron chi connectivity index (χ3n) is 2.06. The lowest BCUT2D eigenvalue weighted by molar-refractivity contribution is 0.537. The van der Waals surface area contributed by atoms with Gasteiger partial charge in [0.2, 0.25) is 0 Å². The molecule has 1 nitrogen and oxygen atoms in total. The number of benzene rings is 1. The first-order valence-electron chi connectivity index (χ1n) is 6.08. The van der Waals surface area contributed by atoms with Crippen molar-refractivity contribution in [2.45, 2.75) is 46.6 Å². The number of rotatable bonds is 4. The van der Waals surface area contributed by atoms with Crippen LogP contribution < -0.4 is 5.32 Å². The maximum absolute atomic E-state index is 3.45. The van der Waals surface area contributed by atoms with Crippen LogP contribution in [0.2, 0.25) is 0 Å². The molecule has 1 unspecified atom stereocenters. The fourth-order valence-corrected chi connectivity index (χ4v) is 1.43. The van der Waals surface area contributed by atoms with E-state index in [1.54, 1.807) is 0 Å². The topological polar surface area (TPSA) is 12.0 Å². The van der Waals surface area contributed by atoms with E-state index in [1.807, 2.05) is 0 Å². The number of hydrogen-bond donors (Lipinski definition) is 1. The van der Waals surface area contributed by atoms with E-state index in [0.29, 0.717) is 6.04 Å². The van der Waals surface area contributed by atoms with E-state index >= 15 is 0 Å². The van der Waals surface area contributed by atoms with Crippen LogP contribution in [-0.4, -0.2) is 6.54 Å². The fourth-order valence-electron chi connectivity index (χ4n) is 1.43. The molecule has 15 heavy (non-hydrogen) atoms. The summed E-state index contributed by atoms with van der Waals surface area (Å²) in [7, 11) is 0. The van der Waals surface area contributed by atoms with Gasteiger partial charge in [-0.2, -0.15) is 0 Å². The monoisotopic (exact) mass is 207 g/mol. The minimum Gasteiger partial charge on any atom is -0.310 e. The highest BCUT2D eigenvalue weighted by atomic mass is 14.9. The number of nitrogens with one attached hydrogen (secondary N) is 1. The lowest BCUT2D eigenvalue weighted by atomic mass is 10.1. The second-order valence-electron chi connectivity index (χ2n) is 3.64. The Kier molecular flexibility index (Phi) is 9.19. The maximum atomic E-state index is 3.45. The van der Waals surface area contributed by atoms with Crippen LogP contribution in [0.15, 0.2) is 30.3 Å². The molecule has 0 aliphatic carbocycles. The van der Waals surface area contributed by atoms with E-state index in [-0.39, 0.29) is 0 Å². The molecule has 1 aromatic rings. The third kappa shape index (κ3) is 6.29. The standard InChI is InChI=1S/C11H17N.C3H8/c1-3-11(12-4-2)10-8-6-5-7-9-10;1-3-2/h5-9,11-12H,3-4H2,1-2H3;3H2,1-2H3. The molecule has 1 N–H and O–H groups in total. The molecule has 0 heterocycles. The van der Waals surface area contributed by atoms with E-state index in [2.05, 4.69) is 63.3 Å². The Morgan fingerprint density at radius 3 is 1.93 bits per heavy atom. The van der Waals surface area contributed by atoms with E-state index in [4.69, 9.17) is 0 Å². The largest absolute Gasteiger partial charge is 0.310 e. The summed E-state index contributed by atoms with van der Waals surface area (Å²) in [6.07, 6.45) is 2.40. The Morgan fingerprint density at radius 2 is 1.53 bits per heavy atom. The van der Waals surface area contributed by atoms with Gasteiger partial charge in [0.15, 0.2) is 0 Å². The summed E-state index contributed by atoms with van der Waals surface area (Å²) in [6, 6.07) is 11.1. The molecule has 0 aromatic heterocycles. The van der Waals surface area contributed by atoms with Crippen LogP contribution in [0.1, 0.15) is 52.1 Å². The Bertz CT molecular complexity index is 218. The van der Waals surface area contributed by atoms with Gasteiger partial charge in [0.25, 0.3) is 0 Å². The van der Waals surface area contributed by atoms with E-state index in [0.717, 1.165) is 13.0 Å². The highest BCUT2D eigenvalue weighted by Crippen LogP contribution is 2.14. The summed E-state index contributed by atoms with van der Waals surface area (Å²) >= 11 is 0. The quantitative estimate of drug-likeness (QED) is 0.781. The van der Waals surface area contributed by atoms with Crippen molar-refractivity contribution in [1.29, 1.82) is 0 Å². The Labute approximate surface area is 94.9 Å². The van der Waals surface area contributed by atoms with Crippen molar-refractivity contribution in [3.05, 3.63) is 35.9 Å². The van der Waals surface area contributed by atoms with Gasteiger partial charge in [-0.1, -0.05) is 64.4 Å². The van der Waals surface area contributed by atoms with Crippen molar-refractivity contribution < 1.29 is 0 Å². The van der Waals surface area contributed by atoms with Gasteiger partial charge in [0.05, 0.1) is 0 Å². The fraction of sp³-hybridized carbons (Fsp3) is 0.571. The maximum Gasteiger partial charge on any atom is 0.0317 e. The van der Waals surface area contributed by atoms with Gasteiger partial charge in [0.1, 0.15) is 0 Å². The average Bonchev–Trinajstić information content (AvgIpc) is 2.28. The lowest BCUT2D eigenvalue weighted by Crippen LogP contribution is -2.19. The molecular formula is C14H25N. The molecule has 0 aliphatic heterocycles. The Balaban J connectivity index is 0.000000583. The predicted molar refractivity (Wildman–Crippen MR) is 69.1 cm³/mol. The second kappa shape index (κ2) is 9.72. The van der Waals surface area contributed by atoms with Crippen molar-refractivity contribution >= 4 is 0 Å². The van der Waals surface area contributed by atoms with Crippen LogP contribution in [0.3, 0.4) is 0 Å². The molecule has 1 aromatic carbocycles. The first kappa shape index (κ1) is 14.2. The summed E-state index contributed by atoms with van der Waals surface area (Å²) in [5.74, 6) is 0. The van der Waals surface area contributed by atoms with Gasteiger partial charge < -0.3 is 5.32 Å². The van der Waals surface area contributed by atoms with E-state index in [1.165, 1.54) is 12.0 Å². The zero-order valence-corrected chi connectivity index (χ0v) is 10.6. The van der Waals surface area contributed by atoms with Crippen LogP contribution in [0, 0.1) is 0 Å². The summed E-state index contributed by atoms with van der Waals surface area (Å²) in [5.41, 5.74) is 1.39. The zero-order valence-electron chi connectivity index (χ0n) is 10.6. The van der Waals surface area contributed by atoms with Crippen LogP contribution in [0.4, 0.5) is 0 Å². The first-order chi connectivity index (χ1) is 7.29. The van der Waals surface area contributed by atoms with Crippen LogP contribution in [0.25, 0.3) is 0 Å². The lowest BCUT2D eigenvalue weighted by Gasteiger charge is -2.15. The molecule has 1 heteroatoms. The highest BCUT2D eigenvalue weighted by Gasteiger charge is 2.04. The average molecular weight is 207 g/mol. The Morgan fingerprint density at radius 1 is 1.00 bits per heavy atom. The molecular weight excluding hydrogens is 182 g/mol. The van der Waals surface area contributed by atoms with Gasteiger partial charge >= 0.3 is 0 Å². The van der Waals surface area contributed by atoms with Crippen molar-refractivity contribution in [1.82, 2.24) is 5.32 Å². The number of hydrogen-bond acceptors (Lipinski definition) is 1. The van der Waals surface area contributed by atoms with Crippen molar-refractivity contribution in [3.63, 3.8) is 0 Å². The van der Waals surface area contributed by atoms with Gasteiger partial charge in [-0.25, -0.2) is 0 Å². The molecule has 0 saturated carbocycles. The van der Waals surface area contributed by atoms with E-state index < -0.39 is 0 Å². The van der Waals surface area contributed by atoms with Crippen molar-refractivity contribution in [3.8, 4) is 0 Å². The summed E-state index contributed by atoms with van der Waals surface area (Å²) < 4.78 is 0. The molecule has 0 aliphatic rings. The van der Waals surface area contributed by atoms with Gasteiger partial charge in [-0.15, -0.1) is 0 Å². The molecule has 0 saturated heterocycles. The summed E-state index contributed by atoms with van der Waals surface area (Å²) in [6.45, 7) is 9.64. The normalized spacial score (nSPS) is 11.5. The SMILES string of the molecule is CCC.CCNC(CC)c1ccccc1. The summed E-state index contributed by atoms with van der Waals surface area (Å²) in [5, 5.41) is 3.45. The smallest absolute Gasteiger partial charge is 0.0317 e. The molecule has 0 radical (unpaired) electrons. The molecule has 0 bridgehead atoms. The van der Waals surface area contributed by atoms with Crippen molar-refractivity contribution in [2.75, 3.05) is 6.54 Å². The molecule has 0 fully saturated rings. The second-order valence-corrected chi connectivity index (χ2v) is 3.64. The van der Waals surface area contributed by atoms with Gasteiger partial charge in [-0.3, -0.25) is 0 Å². The van der Waals surface area contributed by atoms with Crippen molar-refractivity contribution in [2.24, 2.45) is 0 Å². The molecule has 1 atom stereocenters. The highest BCUT2D eigenvalue weighted by molar-refractivity contribution is 5.18.